The van der Waals surface area contributed by atoms with Gasteiger partial charge in [-0.3, -0.25) is 9.48 Å². The highest BCUT2D eigenvalue weighted by Gasteiger charge is 2.38. The van der Waals surface area contributed by atoms with Gasteiger partial charge in [0.15, 0.2) is 0 Å². The Morgan fingerprint density at radius 2 is 2.29 bits per heavy atom. The minimum atomic E-state index is -0.915. The molecule has 1 amide bonds. The number of likely N-dealkylation sites (N-methyl/N-ethyl adjacent to an activating group) is 1. The Balaban J connectivity index is 1.57. The van der Waals surface area contributed by atoms with Crippen molar-refractivity contribution in [1.29, 1.82) is 0 Å². The summed E-state index contributed by atoms with van der Waals surface area (Å²) >= 11 is 0. The number of carbonyl (C=O) groups excluding carboxylic acids is 1. The third kappa shape index (κ3) is 3.73. The van der Waals surface area contributed by atoms with E-state index in [1.165, 1.54) is 0 Å². The quantitative estimate of drug-likeness (QED) is 0.873. The summed E-state index contributed by atoms with van der Waals surface area (Å²) in [6, 6.07) is 5.73. The van der Waals surface area contributed by atoms with Crippen molar-refractivity contribution >= 4 is 11.7 Å². The van der Waals surface area contributed by atoms with Gasteiger partial charge in [0, 0.05) is 32.5 Å². The molecule has 1 fully saturated rings. The van der Waals surface area contributed by atoms with E-state index in [2.05, 4.69) is 15.0 Å². The third-order valence-corrected chi connectivity index (χ3v) is 4.32. The predicted octanol–water partition coefficient (Wildman–Crippen LogP) is 0.686. The van der Waals surface area contributed by atoms with Crippen LogP contribution >= 0.6 is 0 Å². The maximum atomic E-state index is 12.3. The molecule has 0 aromatic carbocycles. The molecule has 128 valence electrons. The van der Waals surface area contributed by atoms with Gasteiger partial charge in [-0.25, -0.2) is 4.98 Å². The first-order valence-corrected chi connectivity index (χ1v) is 8.07. The van der Waals surface area contributed by atoms with E-state index in [9.17, 15) is 9.90 Å². The molecular weight excluding hydrogens is 306 g/mol. The lowest BCUT2D eigenvalue weighted by Gasteiger charge is -2.29. The lowest BCUT2D eigenvalue weighted by Crippen LogP contribution is -2.46. The number of hydrogen-bond acceptors (Lipinski definition) is 5. The average molecular weight is 329 g/mol. The van der Waals surface area contributed by atoms with Crippen LogP contribution in [-0.2, 0) is 11.3 Å². The molecule has 3 rings (SSSR count). The van der Waals surface area contributed by atoms with Crippen LogP contribution in [0.15, 0.2) is 36.8 Å². The summed E-state index contributed by atoms with van der Waals surface area (Å²) in [6.45, 7) is 3.63. The lowest BCUT2D eigenvalue weighted by molar-refractivity contribution is -0.133. The zero-order valence-electron chi connectivity index (χ0n) is 14.1. The normalized spacial score (nSPS) is 20.4. The molecule has 7 heteroatoms. The van der Waals surface area contributed by atoms with Gasteiger partial charge in [0.2, 0.25) is 5.91 Å². The van der Waals surface area contributed by atoms with Crippen molar-refractivity contribution in [3.63, 3.8) is 0 Å². The number of rotatable bonds is 5. The first-order valence-electron chi connectivity index (χ1n) is 8.07. The Morgan fingerprint density at radius 1 is 1.46 bits per heavy atom. The van der Waals surface area contributed by atoms with Gasteiger partial charge in [-0.2, -0.15) is 5.10 Å². The lowest BCUT2D eigenvalue weighted by atomic mass is 10.0. The number of aromatic nitrogens is 3. The number of aliphatic hydroxyl groups is 1. The van der Waals surface area contributed by atoms with Gasteiger partial charge in [0.25, 0.3) is 0 Å². The molecule has 1 saturated heterocycles. The number of pyridine rings is 1. The number of aryl methyl sites for hydroxylation is 1. The fourth-order valence-corrected chi connectivity index (χ4v) is 3.06. The zero-order valence-corrected chi connectivity index (χ0v) is 14.1. The second-order valence-electron chi connectivity index (χ2n) is 6.55. The molecule has 2 aromatic rings. The molecule has 7 nitrogen and oxygen atoms in total. The molecular formula is C17H23N5O2. The fourth-order valence-electron chi connectivity index (χ4n) is 3.06. The largest absolute Gasteiger partial charge is 0.386 e. The summed E-state index contributed by atoms with van der Waals surface area (Å²) in [5, 5.41) is 15.0. The maximum absolute atomic E-state index is 12.3. The minimum Gasteiger partial charge on any atom is -0.386 e. The van der Waals surface area contributed by atoms with Crippen molar-refractivity contribution < 1.29 is 9.90 Å². The minimum absolute atomic E-state index is 0.0668. The van der Waals surface area contributed by atoms with Gasteiger partial charge in [0.05, 0.1) is 12.7 Å². The second-order valence-corrected chi connectivity index (χ2v) is 6.55. The van der Waals surface area contributed by atoms with Crippen LogP contribution in [0.25, 0.3) is 0 Å². The molecule has 24 heavy (non-hydrogen) atoms. The molecule has 0 saturated carbocycles. The van der Waals surface area contributed by atoms with Gasteiger partial charge < -0.3 is 14.9 Å². The number of β-amino-alcohol motifs (C(OH)–C–C–N with tert-alkyl or cyclic N) is 1. The predicted molar refractivity (Wildman–Crippen MR) is 90.6 cm³/mol. The zero-order chi connectivity index (χ0) is 17.2. The van der Waals surface area contributed by atoms with Crippen molar-refractivity contribution in [2.75, 3.05) is 31.6 Å². The van der Waals surface area contributed by atoms with Crippen LogP contribution in [0, 0.1) is 6.92 Å². The van der Waals surface area contributed by atoms with Crippen molar-refractivity contribution in [2.45, 2.75) is 25.5 Å². The number of hydrogen-bond donors (Lipinski definition) is 1. The van der Waals surface area contributed by atoms with Crippen LogP contribution in [0.3, 0.4) is 0 Å². The van der Waals surface area contributed by atoms with E-state index >= 15 is 0 Å². The smallest absolute Gasteiger partial charge is 0.244 e. The molecule has 0 unspecified atom stereocenters. The van der Waals surface area contributed by atoms with Gasteiger partial charge in [-0.15, -0.1) is 0 Å². The average Bonchev–Trinajstić information content (AvgIpc) is 3.14. The molecule has 2 aromatic heterocycles. The molecule has 0 radical (unpaired) electrons. The molecule has 1 aliphatic rings. The third-order valence-electron chi connectivity index (χ3n) is 4.32. The van der Waals surface area contributed by atoms with E-state index in [4.69, 9.17) is 0 Å². The summed E-state index contributed by atoms with van der Waals surface area (Å²) in [5.74, 6) is 0.789. The molecule has 0 bridgehead atoms. The standard InChI is InChI=1S/C17H23N5O2/c1-14-9-19-22(10-14)11-16(23)20(2)12-17(24)6-8-21(13-17)15-5-3-4-7-18-15/h3-5,7,9-10,24H,6,8,11-13H2,1-2H3/t17-/m0/s1. The van der Waals surface area contributed by atoms with Crippen LogP contribution < -0.4 is 4.90 Å². The molecule has 0 spiro atoms. The fraction of sp³-hybridized carbons (Fsp3) is 0.471. The van der Waals surface area contributed by atoms with E-state index in [1.54, 1.807) is 29.0 Å². The summed E-state index contributed by atoms with van der Waals surface area (Å²) in [5.41, 5.74) is 0.105. The monoisotopic (exact) mass is 329 g/mol. The van der Waals surface area contributed by atoms with Crippen molar-refractivity contribution in [3.05, 3.63) is 42.4 Å². The SMILES string of the molecule is Cc1cnn(CC(=O)N(C)C[C@@]2(O)CCN(c3ccccn3)C2)c1. The van der Waals surface area contributed by atoms with E-state index in [-0.39, 0.29) is 12.5 Å². The van der Waals surface area contributed by atoms with Crippen molar-refractivity contribution in [3.8, 4) is 0 Å². The Morgan fingerprint density at radius 3 is 2.96 bits per heavy atom. The molecule has 1 N–H and O–H groups in total. The molecule has 3 heterocycles. The Labute approximate surface area is 141 Å². The topological polar surface area (TPSA) is 74.5 Å². The van der Waals surface area contributed by atoms with Crippen LogP contribution in [0.5, 0.6) is 0 Å². The summed E-state index contributed by atoms with van der Waals surface area (Å²) < 4.78 is 1.62. The maximum Gasteiger partial charge on any atom is 0.244 e. The van der Waals surface area contributed by atoms with E-state index in [0.29, 0.717) is 19.5 Å². The van der Waals surface area contributed by atoms with Crippen LogP contribution in [0.4, 0.5) is 5.82 Å². The summed E-state index contributed by atoms with van der Waals surface area (Å²) in [7, 11) is 1.72. The van der Waals surface area contributed by atoms with Gasteiger partial charge >= 0.3 is 0 Å². The summed E-state index contributed by atoms with van der Waals surface area (Å²) in [6.07, 6.45) is 5.91. The highest BCUT2D eigenvalue weighted by atomic mass is 16.3. The number of carbonyl (C=O) groups is 1. The second kappa shape index (κ2) is 6.60. The van der Waals surface area contributed by atoms with Gasteiger partial charge in [-0.05, 0) is 31.0 Å². The Hall–Kier alpha value is -2.41. The summed E-state index contributed by atoms with van der Waals surface area (Å²) in [4.78, 5) is 20.3. The molecule has 1 atom stereocenters. The highest BCUT2D eigenvalue weighted by Crippen LogP contribution is 2.26. The van der Waals surface area contributed by atoms with Gasteiger partial charge in [0.1, 0.15) is 18.0 Å². The molecule has 0 aliphatic carbocycles. The number of amides is 1. The van der Waals surface area contributed by atoms with E-state index < -0.39 is 5.60 Å². The Bertz CT molecular complexity index is 702. The highest BCUT2D eigenvalue weighted by molar-refractivity contribution is 5.75. The van der Waals surface area contributed by atoms with Crippen LogP contribution in [-0.4, -0.2) is 63.0 Å². The van der Waals surface area contributed by atoms with Crippen LogP contribution in [0.1, 0.15) is 12.0 Å². The van der Waals surface area contributed by atoms with E-state index in [1.807, 2.05) is 31.3 Å². The van der Waals surface area contributed by atoms with Crippen molar-refractivity contribution in [2.24, 2.45) is 0 Å². The number of nitrogens with zero attached hydrogens (tertiary/aromatic N) is 5. The van der Waals surface area contributed by atoms with Gasteiger partial charge in [-0.1, -0.05) is 6.07 Å². The number of anilines is 1. The molecule has 1 aliphatic heterocycles. The van der Waals surface area contributed by atoms with Crippen molar-refractivity contribution in [1.82, 2.24) is 19.7 Å². The first-order chi connectivity index (χ1) is 11.5. The van der Waals surface area contributed by atoms with Crippen LogP contribution in [0.2, 0.25) is 0 Å². The first kappa shape index (κ1) is 16.4. The Kier molecular flexibility index (Phi) is 4.53. The van der Waals surface area contributed by atoms with E-state index in [0.717, 1.165) is 17.9 Å².